The van der Waals surface area contributed by atoms with Crippen molar-refractivity contribution in [3.8, 4) is 0 Å². The molecule has 1 aromatic rings. The number of rotatable bonds is 6. The third-order valence-corrected chi connectivity index (χ3v) is 4.21. The van der Waals surface area contributed by atoms with Gasteiger partial charge in [0.05, 0.1) is 0 Å². The van der Waals surface area contributed by atoms with Gasteiger partial charge in [-0.1, -0.05) is 13.8 Å². The molecule has 2 heterocycles. The molecule has 0 amide bonds. The lowest BCUT2D eigenvalue weighted by Gasteiger charge is -2.35. The molecule has 118 valence electrons. The van der Waals surface area contributed by atoms with Crippen LogP contribution in [0.4, 0.5) is 5.82 Å². The average Bonchev–Trinajstić information content (AvgIpc) is 2.53. The van der Waals surface area contributed by atoms with Crippen LogP contribution in [0.15, 0.2) is 0 Å². The fourth-order valence-corrected chi connectivity index (χ4v) is 2.83. The van der Waals surface area contributed by atoms with Crippen LogP contribution in [0.2, 0.25) is 0 Å². The molecule has 0 spiro atoms. The molecule has 0 aliphatic carbocycles. The van der Waals surface area contributed by atoms with Crippen LogP contribution in [0.5, 0.6) is 0 Å². The summed E-state index contributed by atoms with van der Waals surface area (Å²) in [6.45, 7) is 8.68. The van der Waals surface area contributed by atoms with Crippen molar-refractivity contribution in [1.82, 2.24) is 9.97 Å². The number of nitrogens with one attached hydrogen (secondary N) is 1. The molecular weight excluding hydrogens is 266 g/mol. The van der Waals surface area contributed by atoms with E-state index in [9.17, 15) is 0 Å². The molecule has 21 heavy (non-hydrogen) atoms. The largest absolute Gasteiger partial charge is 0.381 e. The van der Waals surface area contributed by atoms with Crippen molar-refractivity contribution in [3.63, 3.8) is 0 Å². The summed E-state index contributed by atoms with van der Waals surface area (Å²) in [4.78, 5) is 9.55. The molecule has 2 rings (SSSR count). The number of hydrogen-bond donors (Lipinski definition) is 1. The zero-order chi connectivity index (χ0) is 15.3. The number of aryl methyl sites for hydroxylation is 1. The molecule has 0 aromatic carbocycles. The Labute approximate surface area is 127 Å². The molecular formula is C16H27N3O2. The van der Waals surface area contributed by atoms with Crippen molar-refractivity contribution in [2.45, 2.75) is 52.1 Å². The van der Waals surface area contributed by atoms with Crippen LogP contribution in [0.25, 0.3) is 0 Å². The number of hydrogen-bond acceptors (Lipinski definition) is 5. The summed E-state index contributed by atoms with van der Waals surface area (Å²) in [6.07, 6.45) is 3.62. The maximum atomic E-state index is 5.82. The van der Waals surface area contributed by atoms with Gasteiger partial charge in [0.15, 0.2) is 5.82 Å². The van der Waals surface area contributed by atoms with E-state index in [4.69, 9.17) is 19.4 Å². The zero-order valence-corrected chi connectivity index (χ0v) is 13.7. The Bertz CT molecular complexity index is 471. The lowest BCUT2D eigenvalue weighted by molar-refractivity contribution is -0.1000. The van der Waals surface area contributed by atoms with Gasteiger partial charge < -0.3 is 14.8 Å². The number of nitrogens with zero attached hydrogens (tertiary/aromatic N) is 2. The molecule has 1 N–H and O–H groups in total. The molecule has 1 aliphatic rings. The summed E-state index contributed by atoms with van der Waals surface area (Å²) in [7, 11) is 1.75. The predicted molar refractivity (Wildman–Crippen MR) is 83.7 cm³/mol. The van der Waals surface area contributed by atoms with Crippen LogP contribution in [0, 0.1) is 6.92 Å². The minimum atomic E-state index is -0.405. The van der Waals surface area contributed by atoms with E-state index in [2.05, 4.69) is 26.1 Å². The second kappa shape index (κ2) is 7.18. The third kappa shape index (κ3) is 3.35. The van der Waals surface area contributed by atoms with Crippen molar-refractivity contribution < 1.29 is 9.47 Å². The molecule has 0 atom stereocenters. The quantitative estimate of drug-likeness (QED) is 0.874. The highest BCUT2D eigenvalue weighted by Crippen LogP contribution is 2.34. The third-order valence-electron chi connectivity index (χ3n) is 4.21. The number of ether oxygens (including phenoxy) is 2. The van der Waals surface area contributed by atoms with Gasteiger partial charge in [-0.05, 0) is 19.8 Å². The Kier molecular flexibility index (Phi) is 5.53. The van der Waals surface area contributed by atoms with Crippen LogP contribution in [-0.4, -0.2) is 36.8 Å². The summed E-state index contributed by atoms with van der Waals surface area (Å²) >= 11 is 0. The van der Waals surface area contributed by atoms with E-state index >= 15 is 0 Å². The first-order valence-corrected chi connectivity index (χ1v) is 7.91. The van der Waals surface area contributed by atoms with Gasteiger partial charge in [-0.15, -0.1) is 0 Å². The molecule has 5 heteroatoms. The van der Waals surface area contributed by atoms with Crippen LogP contribution in [0.3, 0.4) is 0 Å². The lowest BCUT2D eigenvalue weighted by atomic mass is 9.92. The maximum Gasteiger partial charge on any atom is 0.163 e. The number of aromatic nitrogens is 2. The molecule has 0 bridgehead atoms. The van der Waals surface area contributed by atoms with Crippen LogP contribution >= 0.6 is 0 Å². The zero-order valence-electron chi connectivity index (χ0n) is 13.7. The van der Waals surface area contributed by atoms with E-state index in [1.54, 1.807) is 7.11 Å². The van der Waals surface area contributed by atoms with E-state index in [0.717, 1.165) is 49.6 Å². The summed E-state index contributed by atoms with van der Waals surface area (Å²) < 4.78 is 11.3. The smallest absolute Gasteiger partial charge is 0.163 e. The summed E-state index contributed by atoms with van der Waals surface area (Å²) in [6, 6.07) is 0. The highest BCUT2D eigenvalue weighted by Gasteiger charge is 2.38. The molecule has 5 nitrogen and oxygen atoms in total. The van der Waals surface area contributed by atoms with E-state index in [-0.39, 0.29) is 0 Å². The first-order valence-electron chi connectivity index (χ1n) is 7.91. The molecule has 1 aliphatic heterocycles. The van der Waals surface area contributed by atoms with Crippen LogP contribution in [0.1, 0.15) is 50.2 Å². The van der Waals surface area contributed by atoms with Gasteiger partial charge in [-0.25, -0.2) is 9.97 Å². The lowest BCUT2D eigenvalue weighted by Crippen LogP contribution is -2.38. The Hall–Kier alpha value is -1.20. The van der Waals surface area contributed by atoms with Gasteiger partial charge >= 0.3 is 0 Å². The highest BCUT2D eigenvalue weighted by atomic mass is 16.5. The van der Waals surface area contributed by atoms with Crippen molar-refractivity contribution in [2.75, 3.05) is 32.2 Å². The first-order chi connectivity index (χ1) is 10.2. The average molecular weight is 293 g/mol. The van der Waals surface area contributed by atoms with E-state index < -0.39 is 5.60 Å². The topological polar surface area (TPSA) is 56.3 Å². The summed E-state index contributed by atoms with van der Waals surface area (Å²) in [5.41, 5.74) is 1.84. The van der Waals surface area contributed by atoms with E-state index in [1.165, 1.54) is 5.56 Å². The molecule has 1 saturated heterocycles. The molecule has 1 fully saturated rings. The normalized spacial score (nSPS) is 17.7. The van der Waals surface area contributed by atoms with Gasteiger partial charge in [-0.2, -0.15) is 0 Å². The van der Waals surface area contributed by atoms with Gasteiger partial charge in [0.1, 0.15) is 11.4 Å². The fraction of sp³-hybridized carbons (Fsp3) is 0.750. The molecule has 0 saturated carbocycles. The van der Waals surface area contributed by atoms with Gasteiger partial charge in [0.25, 0.3) is 0 Å². The van der Waals surface area contributed by atoms with Crippen LogP contribution < -0.4 is 5.32 Å². The Morgan fingerprint density at radius 2 is 1.95 bits per heavy atom. The number of methoxy groups -OCH3 is 1. The minimum Gasteiger partial charge on any atom is -0.381 e. The molecule has 0 radical (unpaired) electrons. The van der Waals surface area contributed by atoms with Crippen molar-refractivity contribution >= 4 is 5.82 Å². The minimum absolute atomic E-state index is 0.405. The van der Waals surface area contributed by atoms with Gasteiger partial charge in [-0.3, -0.25) is 0 Å². The van der Waals surface area contributed by atoms with Crippen LogP contribution in [-0.2, 0) is 21.5 Å². The van der Waals surface area contributed by atoms with Crippen molar-refractivity contribution in [3.05, 3.63) is 17.1 Å². The molecule has 0 unspecified atom stereocenters. The van der Waals surface area contributed by atoms with Crippen molar-refractivity contribution in [2.24, 2.45) is 0 Å². The van der Waals surface area contributed by atoms with Gasteiger partial charge in [0, 0.05) is 51.0 Å². The second-order valence-electron chi connectivity index (χ2n) is 5.55. The Balaban J connectivity index is 2.40. The molecule has 1 aromatic heterocycles. The summed E-state index contributed by atoms with van der Waals surface area (Å²) in [5.74, 6) is 1.76. The Morgan fingerprint density at radius 1 is 1.24 bits per heavy atom. The fourth-order valence-electron chi connectivity index (χ4n) is 2.83. The maximum absolute atomic E-state index is 5.82. The van der Waals surface area contributed by atoms with Gasteiger partial charge in [0.2, 0.25) is 0 Å². The predicted octanol–water partition coefficient (Wildman–Crippen LogP) is 2.82. The highest BCUT2D eigenvalue weighted by molar-refractivity contribution is 5.47. The standard InChI is InChI=1S/C16H27N3O2/c1-5-9-17-14-13(6-2)12(3)18-15(19-14)16(20-4)7-10-21-11-8-16/h5-11H2,1-4H3,(H,17,18,19). The van der Waals surface area contributed by atoms with E-state index in [0.29, 0.717) is 13.2 Å². The first kappa shape index (κ1) is 16.2. The van der Waals surface area contributed by atoms with Crippen molar-refractivity contribution in [1.29, 1.82) is 0 Å². The SMILES string of the molecule is CCCNc1nc(C2(OC)CCOCC2)nc(C)c1CC. The Morgan fingerprint density at radius 3 is 2.52 bits per heavy atom. The monoisotopic (exact) mass is 293 g/mol. The number of anilines is 1. The van der Waals surface area contributed by atoms with E-state index in [1.807, 2.05) is 0 Å². The second-order valence-corrected chi connectivity index (χ2v) is 5.55. The summed E-state index contributed by atoms with van der Waals surface area (Å²) in [5, 5.41) is 3.44.